The van der Waals surface area contributed by atoms with Crippen LogP contribution >= 0.6 is 0 Å². The minimum Gasteiger partial charge on any atom is -0.377 e. The Kier molecular flexibility index (Phi) is 4.81. The second kappa shape index (κ2) is 5.66. The zero-order chi connectivity index (χ0) is 10.6. The molecule has 2 N–H and O–H groups in total. The number of likely N-dealkylation sites (N-methyl/N-ethyl adjacent to an activating group) is 1. The van der Waals surface area contributed by atoms with Gasteiger partial charge in [0.05, 0.1) is 31.5 Å². The van der Waals surface area contributed by atoms with Crippen molar-refractivity contribution in [1.82, 2.24) is 4.90 Å². The maximum Gasteiger partial charge on any atom is 0.0875 e. The van der Waals surface area contributed by atoms with Gasteiger partial charge in [0, 0.05) is 13.1 Å². The van der Waals surface area contributed by atoms with Gasteiger partial charge < -0.3 is 20.1 Å². The van der Waals surface area contributed by atoms with Gasteiger partial charge in [-0.3, -0.25) is 0 Å². The van der Waals surface area contributed by atoms with Crippen LogP contribution in [0, 0.1) is 0 Å². The first kappa shape index (κ1) is 11.9. The van der Waals surface area contributed by atoms with Gasteiger partial charge in [0.2, 0.25) is 0 Å². The Bertz CT molecular complexity index is 164. The number of nitrogens with two attached hydrogens (primary N) is 1. The van der Waals surface area contributed by atoms with Crippen molar-refractivity contribution in [2.45, 2.75) is 32.1 Å². The van der Waals surface area contributed by atoms with Crippen LogP contribution in [0.25, 0.3) is 0 Å². The summed E-state index contributed by atoms with van der Waals surface area (Å²) in [6.07, 6.45) is 0.356. The van der Waals surface area contributed by atoms with E-state index in [-0.39, 0.29) is 18.2 Å². The third-order valence-electron chi connectivity index (χ3n) is 2.40. The summed E-state index contributed by atoms with van der Waals surface area (Å²) < 4.78 is 11.1. The van der Waals surface area contributed by atoms with Crippen molar-refractivity contribution in [1.29, 1.82) is 0 Å². The Labute approximate surface area is 86.3 Å². The van der Waals surface area contributed by atoms with Gasteiger partial charge in [-0.1, -0.05) is 0 Å². The van der Waals surface area contributed by atoms with Gasteiger partial charge in [-0.15, -0.1) is 0 Å². The lowest BCUT2D eigenvalue weighted by Crippen LogP contribution is -2.51. The van der Waals surface area contributed by atoms with Crippen LogP contribution in [0.2, 0.25) is 0 Å². The van der Waals surface area contributed by atoms with Crippen LogP contribution in [0.15, 0.2) is 0 Å². The predicted molar refractivity (Wildman–Crippen MR) is 56.3 cm³/mol. The number of ether oxygens (including phenoxy) is 2. The van der Waals surface area contributed by atoms with E-state index < -0.39 is 0 Å². The molecule has 0 aliphatic carbocycles. The van der Waals surface area contributed by atoms with Gasteiger partial charge >= 0.3 is 0 Å². The van der Waals surface area contributed by atoms with Crippen LogP contribution in [-0.2, 0) is 9.47 Å². The number of rotatable bonds is 4. The molecule has 1 fully saturated rings. The van der Waals surface area contributed by atoms with E-state index in [1.165, 1.54) is 0 Å². The zero-order valence-electron chi connectivity index (χ0n) is 9.40. The number of nitrogens with zero attached hydrogens (tertiary/aromatic N) is 1. The third kappa shape index (κ3) is 3.92. The molecule has 0 aromatic rings. The van der Waals surface area contributed by atoms with Crippen molar-refractivity contribution in [2.75, 3.05) is 33.4 Å². The van der Waals surface area contributed by atoms with Crippen molar-refractivity contribution in [3.05, 3.63) is 0 Å². The molecule has 1 aliphatic heterocycles. The Morgan fingerprint density at radius 1 is 1.57 bits per heavy atom. The largest absolute Gasteiger partial charge is 0.377 e. The summed E-state index contributed by atoms with van der Waals surface area (Å²) in [6.45, 7) is 7.28. The quantitative estimate of drug-likeness (QED) is 0.701. The van der Waals surface area contributed by atoms with Crippen LogP contribution in [-0.4, -0.2) is 56.5 Å². The first-order chi connectivity index (χ1) is 6.59. The van der Waals surface area contributed by atoms with Crippen molar-refractivity contribution in [2.24, 2.45) is 5.73 Å². The highest BCUT2D eigenvalue weighted by Crippen LogP contribution is 2.06. The molecular weight excluding hydrogens is 180 g/mol. The fourth-order valence-electron chi connectivity index (χ4n) is 1.48. The molecule has 0 spiro atoms. The molecule has 0 saturated carbocycles. The molecule has 4 heteroatoms. The molecule has 1 heterocycles. The average molecular weight is 202 g/mol. The van der Waals surface area contributed by atoms with Crippen LogP contribution < -0.4 is 5.73 Å². The fourth-order valence-corrected chi connectivity index (χ4v) is 1.48. The summed E-state index contributed by atoms with van der Waals surface area (Å²) >= 11 is 0. The highest BCUT2D eigenvalue weighted by molar-refractivity contribution is 4.79. The van der Waals surface area contributed by atoms with Crippen molar-refractivity contribution in [3.63, 3.8) is 0 Å². The van der Waals surface area contributed by atoms with Crippen LogP contribution in [0.1, 0.15) is 13.8 Å². The van der Waals surface area contributed by atoms with Crippen LogP contribution in [0.4, 0.5) is 0 Å². The number of hydrogen-bond donors (Lipinski definition) is 1. The summed E-state index contributed by atoms with van der Waals surface area (Å²) in [6, 6.07) is -0.0138. The topological polar surface area (TPSA) is 47.7 Å². The summed E-state index contributed by atoms with van der Waals surface area (Å²) in [4.78, 5) is 2.24. The number of morpholine rings is 1. The molecule has 0 bridgehead atoms. The van der Waals surface area contributed by atoms with E-state index in [9.17, 15) is 0 Å². The molecule has 1 saturated heterocycles. The van der Waals surface area contributed by atoms with Crippen molar-refractivity contribution < 1.29 is 9.47 Å². The zero-order valence-corrected chi connectivity index (χ0v) is 9.40. The molecule has 0 radical (unpaired) electrons. The lowest BCUT2D eigenvalue weighted by atomic mass is 10.1. The Hall–Kier alpha value is -0.160. The average Bonchev–Trinajstić information content (AvgIpc) is 2.14. The summed E-state index contributed by atoms with van der Waals surface area (Å²) in [5, 5.41) is 0. The van der Waals surface area contributed by atoms with E-state index in [2.05, 4.69) is 11.9 Å². The van der Waals surface area contributed by atoms with E-state index in [1.807, 2.05) is 13.8 Å². The van der Waals surface area contributed by atoms with Crippen LogP contribution in [0.5, 0.6) is 0 Å². The molecule has 1 rings (SSSR count). The van der Waals surface area contributed by atoms with Gasteiger partial charge in [-0.25, -0.2) is 0 Å². The second-order valence-corrected chi connectivity index (χ2v) is 4.22. The van der Waals surface area contributed by atoms with Crippen LogP contribution in [0.3, 0.4) is 0 Å². The highest BCUT2D eigenvalue weighted by Gasteiger charge is 2.24. The maximum atomic E-state index is 5.98. The molecule has 14 heavy (non-hydrogen) atoms. The molecule has 84 valence electrons. The van der Waals surface area contributed by atoms with E-state index in [4.69, 9.17) is 15.2 Å². The monoisotopic (exact) mass is 202 g/mol. The molecule has 0 amide bonds. The van der Waals surface area contributed by atoms with Crippen molar-refractivity contribution in [3.8, 4) is 0 Å². The number of hydrogen-bond acceptors (Lipinski definition) is 4. The fraction of sp³-hybridized carbons (Fsp3) is 1.00. The normalized spacial score (nSPS) is 26.8. The Morgan fingerprint density at radius 3 is 2.86 bits per heavy atom. The standard InChI is InChI=1S/C10H22N2O2/c1-8(2)14-7-9(11)10-6-12(3)4-5-13-10/h8-10H,4-7,11H2,1-3H3. The van der Waals surface area contributed by atoms with Gasteiger partial charge in [0.25, 0.3) is 0 Å². The second-order valence-electron chi connectivity index (χ2n) is 4.22. The minimum atomic E-state index is -0.0138. The van der Waals surface area contributed by atoms with E-state index in [0.29, 0.717) is 6.61 Å². The lowest BCUT2D eigenvalue weighted by molar-refractivity contribution is -0.0527. The lowest BCUT2D eigenvalue weighted by Gasteiger charge is -2.33. The van der Waals surface area contributed by atoms with Gasteiger partial charge in [0.15, 0.2) is 0 Å². The SMILES string of the molecule is CC(C)OCC(N)C1CN(C)CCO1. The Morgan fingerprint density at radius 2 is 2.29 bits per heavy atom. The summed E-state index contributed by atoms with van der Waals surface area (Å²) in [5.74, 6) is 0. The molecule has 4 nitrogen and oxygen atoms in total. The van der Waals surface area contributed by atoms with E-state index >= 15 is 0 Å². The van der Waals surface area contributed by atoms with Crippen molar-refractivity contribution >= 4 is 0 Å². The van der Waals surface area contributed by atoms with Gasteiger partial charge in [-0.05, 0) is 20.9 Å². The molecule has 0 aromatic heterocycles. The Balaban J connectivity index is 2.25. The molecule has 1 aliphatic rings. The van der Waals surface area contributed by atoms with Gasteiger partial charge in [0.1, 0.15) is 0 Å². The molecule has 2 unspecified atom stereocenters. The predicted octanol–water partition coefficient (Wildman–Crippen LogP) is 0.0693. The third-order valence-corrected chi connectivity index (χ3v) is 2.40. The molecule has 0 aromatic carbocycles. The highest BCUT2D eigenvalue weighted by atomic mass is 16.5. The molecule has 2 atom stereocenters. The summed E-state index contributed by atoms with van der Waals surface area (Å²) in [5.41, 5.74) is 5.98. The molecular formula is C10H22N2O2. The summed E-state index contributed by atoms with van der Waals surface area (Å²) in [7, 11) is 2.09. The first-order valence-electron chi connectivity index (χ1n) is 5.27. The van der Waals surface area contributed by atoms with E-state index in [1.54, 1.807) is 0 Å². The smallest absolute Gasteiger partial charge is 0.0875 e. The van der Waals surface area contributed by atoms with Gasteiger partial charge in [-0.2, -0.15) is 0 Å². The first-order valence-corrected chi connectivity index (χ1v) is 5.27. The minimum absolute atomic E-state index is 0.0138. The maximum absolute atomic E-state index is 5.98. The van der Waals surface area contributed by atoms with E-state index in [0.717, 1.165) is 19.7 Å².